The number of aromatic hydroxyl groups is 1. The first kappa shape index (κ1) is 18.6. The average molecular weight is 455 g/mol. The fraction of sp³-hybridized carbons (Fsp3) is 0.0476. The van der Waals surface area contributed by atoms with Crippen molar-refractivity contribution in [2.45, 2.75) is 6.54 Å². The van der Waals surface area contributed by atoms with Crippen molar-refractivity contribution < 1.29 is 14.3 Å². The molecule has 140 valence electrons. The van der Waals surface area contributed by atoms with Crippen LogP contribution >= 0.6 is 27.7 Å². The maximum Gasteiger partial charge on any atom is 0.267 e. The molecule has 1 aliphatic rings. The first-order chi connectivity index (χ1) is 13.6. The smallest absolute Gasteiger partial charge is 0.267 e. The first-order valence-corrected chi connectivity index (χ1v) is 10.1. The minimum atomic E-state index is -0.185. The van der Waals surface area contributed by atoms with Crippen molar-refractivity contribution in [3.8, 4) is 5.75 Å². The lowest BCUT2D eigenvalue weighted by Crippen LogP contribution is -2.28. The van der Waals surface area contributed by atoms with Crippen LogP contribution in [0.5, 0.6) is 5.75 Å². The van der Waals surface area contributed by atoms with Gasteiger partial charge in [-0.2, -0.15) is 0 Å². The van der Waals surface area contributed by atoms with Gasteiger partial charge in [-0.15, -0.1) is 0 Å². The third-order valence-electron chi connectivity index (χ3n) is 4.04. The Hall–Kier alpha value is -2.77. The van der Waals surface area contributed by atoms with Gasteiger partial charge in [-0.3, -0.25) is 9.69 Å². The first-order valence-electron chi connectivity index (χ1n) is 8.46. The van der Waals surface area contributed by atoms with E-state index in [1.165, 1.54) is 11.8 Å². The summed E-state index contributed by atoms with van der Waals surface area (Å²) in [6.45, 7) is 0.284. The van der Waals surface area contributed by atoms with Gasteiger partial charge in [0, 0.05) is 10.0 Å². The van der Waals surface area contributed by atoms with E-state index in [0.29, 0.717) is 21.4 Å². The fourth-order valence-corrected chi connectivity index (χ4v) is 4.05. The molecule has 2 heterocycles. The van der Waals surface area contributed by atoms with Crippen LogP contribution in [-0.4, -0.2) is 21.1 Å². The number of para-hydroxylation sites is 1. The summed E-state index contributed by atoms with van der Waals surface area (Å²) in [5.74, 6) is 0.590. The van der Waals surface area contributed by atoms with E-state index in [9.17, 15) is 9.90 Å². The highest BCUT2D eigenvalue weighted by Crippen LogP contribution is 2.36. The molecule has 0 unspecified atom stereocenters. The number of hydrogen-bond acceptors (Lipinski definition) is 5. The predicted octanol–water partition coefficient (Wildman–Crippen LogP) is 5.55. The molecule has 1 aliphatic heterocycles. The number of nitrogens with zero attached hydrogens (tertiary/aromatic N) is 2. The SMILES string of the molecule is O=C1/C(=C/c2cc(Br)ccc2O)SC(=Nc2ccccc2)N1Cc1ccco1. The van der Waals surface area contributed by atoms with E-state index < -0.39 is 0 Å². The maximum atomic E-state index is 13.1. The van der Waals surface area contributed by atoms with Crippen LogP contribution in [0, 0.1) is 0 Å². The van der Waals surface area contributed by atoms with Crippen LogP contribution in [0.4, 0.5) is 5.69 Å². The van der Waals surface area contributed by atoms with Gasteiger partial charge in [-0.25, -0.2) is 4.99 Å². The number of halogens is 1. The second-order valence-corrected chi connectivity index (χ2v) is 7.94. The van der Waals surface area contributed by atoms with Crippen molar-refractivity contribution in [2.75, 3.05) is 0 Å². The quantitative estimate of drug-likeness (QED) is 0.524. The molecular weight excluding hydrogens is 440 g/mol. The molecule has 0 bridgehead atoms. The van der Waals surface area contributed by atoms with Crippen molar-refractivity contribution in [1.29, 1.82) is 0 Å². The van der Waals surface area contributed by atoms with Crippen LogP contribution in [0.1, 0.15) is 11.3 Å². The monoisotopic (exact) mass is 454 g/mol. The lowest BCUT2D eigenvalue weighted by molar-refractivity contribution is -0.122. The van der Waals surface area contributed by atoms with Gasteiger partial charge in [0.05, 0.1) is 23.4 Å². The van der Waals surface area contributed by atoms with Crippen LogP contribution in [0.2, 0.25) is 0 Å². The van der Waals surface area contributed by atoms with Gasteiger partial charge in [0.15, 0.2) is 5.17 Å². The number of thioether (sulfide) groups is 1. The van der Waals surface area contributed by atoms with Crippen LogP contribution in [0.25, 0.3) is 6.08 Å². The minimum Gasteiger partial charge on any atom is -0.507 e. The molecule has 0 aliphatic carbocycles. The van der Waals surface area contributed by atoms with Crippen molar-refractivity contribution >= 4 is 50.5 Å². The number of amidine groups is 1. The van der Waals surface area contributed by atoms with Gasteiger partial charge in [-0.05, 0) is 60.3 Å². The number of furan rings is 1. The molecule has 7 heteroatoms. The molecule has 0 atom stereocenters. The molecule has 0 saturated carbocycles. The zero-order chi connectivity index (χ0) is 19.5. The van der Waals surface area contributed by atoms with E-state index in [4.69, 9.17) is 4.42 Å². The van der Waals surface area contributed by atoms with Crippen molar-refractivity contribution in [3.05, 3.63) is 87.6 Å². The number of rotatable bonds is 4. The fourth-order valence-electron chi connectivity index (χ4n) is 2.68. The number of phenols is 1. The molecular formula is C21H15BrN2O3S. The summed E-state index contributed by atoms with van der Waals surface area (Å²) in [5, 5.41) is 10.7. The number of phenolic OH excluding ortho intramolecular Hbond substituents is 1. The zero-order valence-electron chi connectivity index (χ0n) is 14.6. The van der Waals surface area contributed by atoms with Crippen LogP contribution in [0.15, 0.2) is 85.7 Å². The summed E-state index contributed by atoms with van der Waals surface area (Å²) in [6, 6.07) is 18.2. The summed E-state index contributed by atoms with van der Waals surface area (Å²) in [4.78, 5) is 19.7. The molecule has 28 heavy (non-hydrogen) atoms. The molecule has 2 aromatic carbocycles. The summed E-state index contributed by atoms with van der Waals surface area (Å²) >= 11 is 4.66. The van der Waals surface area contributed by atoms with Gasteiger partial charge >= 0.3 is 0 Å². The molecule has 1 aromatic heterocycles. The van der Waals surface area contributed by atoms with E-state index in [0.717, 1.165) is 10.2 Å². The summed E-state index contributed by atoms with van der Waals surface area (Å²) in [7, 11) is 0. The predicted molar refractivity (Wildman–Crippen MR) is 114 cm³/mol. The van der Waals surface area contributed by atoms with Gasteiger partial charge in [-0.1, -0.05) is 34.1 Å². The zero-order valence-corrected chi connectivity index (χ0v) is 17.0. The van der Waals surface area contributed by atoms with Crippen molar-refractivity contribution in [3.63, 3.8) is 0 Å². The third kappa shape index (κ3) is 4.05. The van der Waals surface area contributed by atoms with E-state index in [2.05, 4.69) is 20.9 Å². The molecule has 0 spiro atoms. The highest BCUT2D eigenvalue weighted by Gasteiger charge is 2.34. The highest BCUT2D eigenvalue weighted by molar-refractivity contribution is 9.10. The highest BCUT2D eigenvalue weighted by atomic mass is 79.9. The molecule has 1 saturated heterocycles. The lowest BCUT2D eigenvalue weighted by Gasteiger charge is -2.13. The number of aliphatic imine (C=N–C) groups is 1. The van der Waals surface area contributed by atoms with Crippen LogP contribution in [0.3, 0.4) is 0 Å². The van der Waals surface area contributed by atoms with Gasteiger partial charge in [0.2, 0.25) is 0 Å². The van der Waals surface area contributed by atoms with Crippen molar-refractivity contribution in [2.24, 2.45) is 4.99 Å². The Kier molecular flexibility index (Phi) is 5.36. The molecule has 5 nitrogen and oxygen atoms in total. The van der Waals surface area contributed by atoms with E-state index in [1.54, 1.807) is 41.5 Å². The lowest BCUT2D eigenvalue weighted by atomic mass is 10.2. The summed E-state index contributed by atoms with van der Waals surface area (Å²) in [6.07, 6.45) is 3.25. The van der Waals surface area contributed by atoms with E-state index >= 15 is 0 Å². The average Bonchev–Trinajstić information content (AvgIpc) is 3.30. The van der Waals surface area contributed by atoms with Gasteiger partial charge < -0.3 is 9.52 Å². The molecule has 1 fully saturated rings. The molecule has 4 rings (SSSR count). The summed E-state index contributed by atoms with van der Waals surface area (Å²) in [5.41, 5.74) is 1.32. The van der Waals surface area contributed by atoms with Gasteiger partial charge in [0.1, 0.15) is 11.5 Å². The Labute approximate surface area is 174 Å². The van der Waals surface area contributed by atoms with Crippen LogP contribution in [-0.2, 0) is 11.3 Å². The Morgan fingerprint density at radius 3 is 2.71 bits per heavy atom. The number of carbonyl (C=O) groups excluding carboxylic acids is 1. The number of carbonyl (C=O) groups is 1. The standard InChI is InChI=1S/C21H15BrN2O3S/c22-15-8-9-18(25)14(11-15)12-19-20(26)24(13-17-7-4-10-27-17)21(28-19)23-16-5-2-1-3-6-16/h1-12,25H,13H2/b19-12-,23-21?. The maximum absolute atomic E-state index is 13.1. The second-order valence-electron chi connectivity index (χ2n) is 6.01. The topological polar surface area (TPSA) is 66.0 Å². The molecule has 1 amide bonds. The summed E-state index contributed by atoms with van der Waals surface area (Å²) < 4.78 is 6.22. The Morgan fingerprint density at radius 1 is 1.14 bits per heavy atom. The second kappa shape index (κ2) is 8.08. The molecule has 3 aromatic rings. The van der Waals surface area contributed by atoms with Gasteiger partial charge in [0.25, 0.3) is 5.91 Å². The Morgan fingerprint density at radius 2 is 1.96 bits per heavy atom. The minimum absolute atomic E-state index is 0.107. The van der Waals surface area contributed by atoms with E-state index in [-0.39, 0.29) is 18.2 Å². The molecule has 1 N–H and O–H groups in total. The Balaban J connectivity index is 1.72. The third-order valence-corrected chi connectivity index (χ3v) is 5.54. The number of benzene rings is 2. The largest absolute Gasteiger partial charge is 0.507 e. The Bertz CT molecular complexity index is 1060. The molecule has 0 radical (unpaired) electrons. The van der Waals surface area contributed by atoms with Crippen molar-refractivity contribution in [1.82, 2.24) is 4.90 Å². The number of amides is 1. The van der Waals surface area contributed by atoms with E-state index in [1.807, 2.05) is 36.4 Å². The normalized spacial score (nSPS) is 17.0. The van der Waals surface area contributed by atoms with Crippen LogP contribution < -0.4 is 0 Å². The number of hydrogen-bond donors (Lipinski definition) is 1.